The average Bonchev–Trinajstić information content (AvgIpc) is 3.60. The van der Waals surface area contributed by atoms with Gasteiger partial charge in [-0.15, -0.1) is 11.8 Å². The Morgan fingerprint density at radius 1 is 1.15 bits per heavy atom. The van der Waals surface area contributed by atoms with Crippen molar-refractivity contribution in [3.63, 3.8) is 0 Å². The largest absolute Gasteiger partial charge is 0.480 e. The number of nitrogens with zero attached hydrogens (tertiary/aromatic N) is 2. The highest BCUT2D eigenvalue weighted by atomic mass is 35.5. The van der Waals surface area contributed by atoms with Crippen LogP contribution in [0.1, 0.15) is 29.3 Å². The van der Waals surface area contributed by atoms with E-state index in [9.17, 15) is 23.1 Å². The predicted molar refractivity (Wildman–Crippen MR) is 163 cm³/mol. The summed E-state index contributed by atoms with van der Waals surface area (Å²) < 4.78 is 28.7. The molecule has 2 atom stereocenters. The maximum absolute atomic E-state index is 13.1. The van der Waals surface area contributed by atoms with Gasteiger partial charge in [0.2, 0.25) is 10.0 Å². The first-order valence-corrected chi connectivity index (χ1v) is 16.0. The molecule has 216 valence electrons. The first kappa shape index (κ1) is 31.9. The van der Waals surface area contributed by atoms with E-state index in [4.69, 9.17) is 11.6 Å². The van der Waals surface area contributed by atoms with Gasteiger partial charge in [0.25, 0.3) is 5.91 Å². The maximum Gasteiger partial charge on any atom is 0.325 e. The second-order valence-corrected chi connectivity index (χ2v) is 13.0. The highest BCUT2D eigenvalue weighted by Gasteiger charge is 2.62. The first-order valence-electron chi connectivity index (χ1n) is 12.9. The summed E-state index contributed by atoms with van der Waals surface area (Å²) in [6, 6.07) is 7.17. The van der Waals surface area contributed by atoms with Crippen LogP contribution in [0.2, 0.25) is 0 Å². The van der Waals surface area contributed by atoms with Gasteiger partial charge in [-0.1, -0.05) is 54.1 Å². The molecule has 0 bridgehead atoms. The standard InChI is InChI=1S/C29H36ClN3O5S2/c1-4-10-25(30)13-7-5-6-8-14-26(39-3)40(37,38)31-29(28(35)36)21-24(29)20-22-11-9-12-23(19-22)27(34)33-17-15-32(2)16-18-33/h4-14,19,24,31H,15-18,20-21H2,1-3H3,(H,35,36)/b7-5+,8-6+,10-4-,25-13+,26-14+. The van der Waals surface area contributed by atoms with Crippen LogP contribution in [-0.4, -0.2) is 80.2 Å². The van der Waals surface area contributed by atoms with Gasteiger partial charge in [-0.2, -0.15) is 4.72 Å². The van der Waals surface area contributed by atoms with E-state index in [0.717, 1.165) is 30.4 Å². The molecule has 8 nitrogen and oxygen atoms in total. The zero-order chi connectivity index (χ0) is 29.3. The number of benzene rings is 1. The molecule has 1 aliphatic carbocycles. The zero-order valence-corrected chi connectivity index (χ0v) is 25.3. The maximum atomic E-state index is 13.1. The topological polar surface area (TPSA) is 107 Å². The fraction of sp³-hybridized carbons (Fsp3) is 0.379. The van der Waals surface area contributed by atoms with E-state index in [1.54, 1.807) is 60.9 Å². The van der Waals surface area contributed by atoms with Crippen LogP contribution in [0.15, 0.2) is 82.1 Å². The lowest BCUT2D eigenvalue weighted by atomic mass is 10.0. The number of piperazine rings is 1. The summed E-state index contributed by atoms with van der Waals surface area (Å²) in [7, 11) is -2.06. The summed E-state index contributed by atoms with van der Waals surface area (Å²) in [5.74, 6) is -1.70. The van der Waals surface area contributed by atoms with Crippen molar-refractivity contribution in [1.29, 1.82) is 0 Å². The number of allylic oxidation sites excluding steroid dienone is 9. The number of rotatable bonds is 12. The number of carboxylic acid groups (broad SMARTS) is 1. The molecular weight excluding hydrogens is 570 g/mol. The number of likely N-dealkylation sites (N-methyl/N-ethyl adjacent to an activating group) is 1. The molecule has 1 saturated heterocycles. The molecule has 0 aromatic heterocycles. The highest BCUT2D eigenvalue weighted by Crippen LogP contribution is 2.47. The van der Waals surface area contributed by atoms with Crippen molar-refractivity contribution in [2.75, 3.05) is 39.5 Å². The van der Waals surface area contributed by atoms with Crippen LogP contribution in [0.5, 0.6) is 0 Å². The van der Waals surface area contributed by atoms with E-state index in [0.29, 0.717) is 30.1 Å². The van der Waals surface area contributed by atoms with Crippen LogP contribution < -0.4 is 4.72 Å². The van der Waals surface area contributed by atoms with Gasteiger partial charge >= 0.3 is 5.97 Å². The molecule has 2 N–H and O–H groups in total. The number of halogens is 1. The average molecular weight is 606 g/mol. The lowest BCUT2D eigenvalue weighted by molar-refractivity contribution is -0.140. The summed E-state index contributed by atoms with van der Waals surface area (Å²) in [5, 5.41) is 10.6. The van der Waals surface area contributed by atoms with E-state index in [-0.39, 0.29) is 16.6 Å². The quantitative estimate of drug-likeness (QED) is 0.340. The molecule has 0 radical (unpaired) electrons. The van der Waals surface area contributed by atoms with Crippen LogP contribution in [0.4, 0.5) is 0 Å². The Labute approximate surface area is 246 Å². The van der Waals surface area contributed by atoms with Crippen molar-refractivity contribution >= 4 is 45.3 Å². The summed E-state index contributed by atoms with van der Waals surface area (Å²) in [5.41, 5.74) is -0.244. The zero-order valence-electron chi connectivity index (χ0n) is 22.9. The molecule has 1 aliphatic heterocycles. The summed E-state index contributed by atoms with van der Waals surface area (Å²) in [6.07, 6.45) is 15.5. The Morgan fingerprint density at radius 3 is 2.45 bits per heavy atom. The normalized spacial score (nSPS) is 23.0. The number of nitrogens with one attached hydrogen (secondary N) is 1. The van der Waals surface area contributed by atoms with Gasteiger partial charge in [0.1, 0.15) is 9.78 Å². The molecule has 1 saturated carbocycles. The van der Waals surface area contributed by atoms with E-state index in [1.807, 2.05) is 31.0 Å². The van der Waals surface area contributed by atoms with Gasteiger partial charge < -0.3 is 14.9 Å². The fourth-order valence-electron chi connectivity index (χ4n) is 4.50. The Bertz CT molecular complexity index is 1340. The number of carbonyl (C=O) groups is 2. The lowest BCUT2D eigenvalue weighted by Crippen LogP contribution is -2.47. The van der Waals surface area contributed by atoms with Crippen LogP contribution in [0.3, 0.4) is 0 Å². The van der Waals surface area contributed by atoms with Gasteiger partial charge in [-0.25, -0.2) is 8.42 Å². The minimum atomic E-state index is -4.08. The van der Waals surface area contributed by atoms with Crippen molar-refractivity contribution in [2.24, 2.45) is 5.92 Å². The Balaban J connectivity index is 1.68. The van der Waals surface area contributed by atoms with Crippen molar-refractivity contribution < 1.29 is 23.1 Å². The fourth-order valence-corrected chi connectivity index (χ4v) is 7.09. The molecule has 1 aromatic rings. The Kier molecular flexibility index (Phi) is 11.4. The number of amides is 1. The highest BCUT2D eigenvalue weighted by molar-refractivity contribution is 8.17. The number of hydrogen-bond acceptors (Lipinski definition) is 6. The minimum Gasteiger partial charge on any atom is -0.480 e. The van der Waals surface area contributed by atoms with Gasteiger partial charge in [0.05, 0.1) is 0 Å². The molecule has 3 rings (SSSR count). The number of sulfonamides is 1. The minimum absolute atomic E-state index is 0.00527. The molecule has 1 heterocycles. The first-order chi connectivity index (χ1) is 19.0. The predicted octanol–water partition coefficient (Wildman–Crippen LogP) is 4.40. The van der Waals surface area contributed by atoms with E-state index < -0.39 is 27.4 Å². The third kappa shape index (κ3) is 8.44. The summed E-state index contributed by atoms with van der Waals surface area (Å²) in [6.45, 7) is 4.81. The van der Waals surface area contributed by atoms with E-state index in [1.165, 1.54) is 6.08 Å². The second kappa shape index (κ2) is 14.3. The molecule has 2 fully saturated rings. The Hall–Kier alpha value is -2.63. The van der Waals surface area contributed by atoms with Gasteiger partial charge in [0, 0.05) is 36.8 Å². The lowest BCUT2D eigenvalue weighted by Gasteiger charge is -2.32. The third-order valence-corrected chi connectivity index (χ3v) is 10.1. The smallest absolute Gasteiger partial charge is 0.325 e. The SMILES string of the molecule is C\C=C/C(Cl)=C\C=C\C=C\C=C(/SC)S(=O)(=O)NC1(C(=O)O)CC1Cc1cccc(C(=O)N2CCN(C)CC2)c1. The van der Waals surface area contributed by atoms with Gasteiger partial charge in [0.15, 0.2) is 0 Å². The number of thioether (sulfide) groups is 1. The number of aliphatic carboxylic acids is 1. The second-order valence-electron chi connectivity index (χ2n) is 9.79. The summed E-state index contributed by atoms with van der Waals surface area (Å²) >= 11 is 6.98. The van der Waals surface area contributed by atoms with Crippen LogP contribution in [0, 0.1) is 5.92 Å². The Morgan fingerprint density at radius 2 is 1.82 bits per heavy atom. The summed E-state index contributed by atoms with van der Waals surface area (Å²) in [4.78, 5) is 29.2. The van der Waals surface area contributed by atoms with Crippen molar-refractivity contribution in [3.05, 3.63) is 93.3 Å². The molecule has 2 aliphatic rings. The molecular formula is C29H36ClN3O5S2. The van der Waals surface area contributed by atoms with Gasteiger partial charge in [-0.3, -0.25) is 9.59 Å². The van der Waals surface area contributed by atoms with Crippen LogP contribution in [0.25, 0.3) is 0 Å². The monoisotopic (exact) mass is 605 g/mol. The van der Waals surface area contributed by atoms with Crippen LogP contribution >= 0.6 is 23.4 Å². The van der Waals surface area contributed by atoms with Crippen LogP contribution in [-0.2, 0) is 21.2 Å². The number of hydrogen-bond donors (Lipinski definition) is 2. The van der Waals surface area contributed by atoms with Crippen molar-refractivity contribution in [3.8, 4) is 0 Å². The molecule has 1 aromatic carbocycles. The molecule has 2 unspecified atom stereocenters. The molecule has 40 heavy (non-hydrogen) atoms. The van der Waals surface area contributed by atoms with Crippen molar-refractivity contribution in [2.45, 2.75) is 25.3 Å². The van der Waals surface area contributed by atoms with E-state index in [2.05, 4.69) is 9.62 Å². The van der Waals surface area contributed by atoms with Gasteiger partial charge in [-0.05, 0) is 74.9 Å². The van der Waals surface area contributed by atoms with E-state index >= 15 is 0 Å². The molecule has 0 spiro atoms. The van der Waals surface area contributed by atoms with Crippen molar-refractivity contribution in [1.82, 2.24) is 14.5 Å². The molecule has 1 amide bonds. The number of carboxylic acids is 1. The molecule has 11 heteroatoms. The number of carbonyl (C=O) groups excluding carboxylic acids is 1. The third-order valence-electron chi connectivity index (χ3n) is 6.86.